The van der Waals surface area contributed by atoms with Crippen LogP contribution in [0.15, 0.2) is 0 Å². The Balaban J connectivity index is 3.29. The molecule has 5 heteroatoms. The number of rotatable bonds is 4. The molecule has 0 aromatic heterocycles. The van der Waals surface area contributed by atoms with E-state index in [1.807, 2.05) is 0 Å². The van der Waals surface area contributed by atoms with Crippen molar-refractivity contribution in [2.45, 2.75) is 25.7 Å². The van der Waals surface area contributed by atoms with Gasteiger partial charge in [-0.2, -0.15) is 0 Å². The Bertz CT molecular complexity index is 123. The van der Waals surface area contributed by atoms with Gasteiger partial charge in [0.2, 0.25) is 5.92 Å². The van der Waals surface area contributed by atoms with Gasteiger partial charge in [0.25, 0.3) is 0 Å². The van der Waals surface area contributed by atoms with E-state index >= 15 is 0 Å². The van der Waals surface area contributed by atoms with Gasteiger partial charge in [-0.15, -0.1) is 0 Å². The lowest BCUT2D eigenvalue weighted by atomic mass is 10.2. The maximum atomic E-state index is 12.0. The van der Waals surface area contributed by atoms with Crippen LogP contribution < -0.4 is 5.14 Å². The summed E-state index contributed by atoms with van der Waals surface area (Å²) in [7, 11) is -1.43. The fourth-order valence-corrected chi connectivity index (χ4v) is 0.954. The van der Waals surface area contributed by atoms with E-state index in [9.17, 15) is 13.0 Å². The van der Waals surface area contributed by atoms with E-state index in [1.165, 1.54) is 0 Å². The zero-order valence-corrected chi connectivity index (χ0v) is 6.59. The van der Waals surface area contributed by atoms with E-state index in [4.69, 9.17) is 5.14 Å². The Hall–Kier alpha value is -0.0300. The zero-order valence-electron chi connectivity index (χ0n) is 5.77. The Morgan fingerprint density at radius 3 is 2.40 bits per heavy atom. The molecular weight excluding hydrogens is 160 g/mol. The predicted octanol–water partition coefficient (Wildman–Crippen LogP) is 1.04. The number of alkyl halides is 2. The molecule has 0 fully saturated rings. The van der Waals surface area contributed by atoms with Gasteiger partial charge in [-0.05, 0) is 13.3 Å². The van der Waals surface area contributed by atoms with Crippen LogP contribution in [0.2, 0.25) is 0 Å². The van der Waals surface area contributed by atoms with Gasteiger partial charge in [0.05, 0.1) is 11.0 Å². The van der Waals surface area contributed by atoms with Gasteiger partial charge in [0, 0.05) is 12.2 Å². The fraction of sp³-hybridized carbons (Fsp3) is 1.00. The molecule has 62 valence electrons. The summed E-state index contributed by atoms with van der Waals surface area (Å²) in [5.41, 5.74) is 0. The molecule has 0 amide bonds. The Kier molecular flexibility index (Phi) is 3.96. The van der Waals surface area contributed by atoms with Crippen LogP contribution in [0.25, 0.3) is 0 Å². The van der Waals surface area contributed by atoms with Gasteiger partial charge >= 0.3 is 0 Å². The smallest absolute Gasteiger partial charge is 0.245 e. The van der Waals surface area contributed by atoms with E-state index in [0.717, 1.165) is 6.92 Å². The molecular formula is C5H11F2NOS. The summed E-state index contributed by atoms with van der Waals surface area (Å²) in [5.74, 6) is -2.50. The van der Waals surface area contributed by atoms with Crippen LogP contribution in [0.4, 0.5) is 8.78 Å². The highest BCUT2D eigenvalue weighted by Crippen LogP contribution is 2.18. The fourth-order valence-electron chi connectivity index (χ4n) is 0.525. The van der Waals surface area contributed by atoms with Crippen LogP contribution in [0.5, 0.6) is 0 Å². The minimum absolute atomic E-state index is 0.156. The third-order valence-electron chi connectivity index (χ3n) is 0.961. The second-order valence-electron chi connectivity index (χ2n) is 2.26. The summed E-state index contributed by atoms with van der Waals surface area (Å²) in [6.45, 7) is 0.840. The van der Waals surface area contributed by atoms with Crippen molar-refractivity contribution in [2.24, 2.45) is 5.14 Å². The average molecular weight is 171 g/mol. The summed E-state index contributed by atoms with van der Waals surface area (Å²) in [6.07, 6.45) is -0.0252. The molecule has 0 bridgehead atoms. The lowest BCUT2D eigenvalue weighted by Gasteiger charge is -2.07. The molecule has 2 N–H and O–H groups in total. The SMILES string of the molecule is CC(F)(F)CCCS(N)=O. The topological polar surface area (TPSA) is 43.1 Å². The van der Waals surface area contributed by atoms with Crippen molar-refractivity contribution in [3.05, 3.63) is 0 Å². The van der Waals surface area contributed by atoms with Crippen molar-refractivity contribution in [1.29, 1.82) is 0 Å². The van der Waals surface area contributed by atoms with E-state index in [0.29, 0.717) is 0 Å². The molecule has 10 heavy (non-hydrogen) atoms. The van der Waals surface area contributed by atoms with Crippen molar-refractivity contribution in [2.75, 3.05) is 5.75 Å². The van der Waals surface area contributed by atoms with Crippen molar-refractivity contribution in [1.82, 2.24) is 0 Å². The number of nitrogens with two attached hydrogens (primary N) is 1. The number of hydrogen-bond donors (Lipinski definition) is 1. The summed E-state index contributed by atoms with van der Waals surface area (Å²) in [6, 6.07) is 0. The third-order valence-corrected chi connectivity index (χ3v) is 1.65. The molecule has 0 spiro atoms. The molecule has 0 aromatic rings. The van der Waals surface area contributed by atoms with Gasteiger partial charge < -0.3 is 0 Å². The van der Waals surface area contributed by atoms with Crippen LogP contribution in [-0.4, -0.2) is 15.9 Å². The second-order valence-corrected chi connectivity index (χ2v) is 3.43. The Labute approximate surface area is 61.4 Å². The summed E-state index contributed by atoms with van der Waals surface area (Å²) in [5, 5.41) is 4.85. The molecule has 0 heterocycles. The molecule has 0 radical (unpaired) electrons. The highest BCUT2D eigenvalue weighted by Gasteiger charge is 2.19. The molecule has 1 unspecified atom stereocenters. The summed E-state index contributed by atoms with van der Waals surface area (Å²) in [4.78, 5) is 0. The van der Waals surface area contributed by atoms with Crippen LogP contribution in [0, 0.1) is 0 Å². The Morgan fingerprint density at radius 1 is 1.60 bits per heavy atom. The van der Waals surface area contributed by atoms with E-state index in [1.54, 1.807) is 0 Å². The van der Waals surface area contributed by atoms with Gasteiger partial charge in [0.1, 0.15) is 0 Å². The largest absolute Gasteiger partial charge is 0.252 e. The lowest BCUT2D eigenvalue weighted by molar-refractivity contribution is 0.0125. The summed E-state index contributed by atoms with van der Waals surface area (Å²) >= 11 is 0. The van der Waals surface area contributed by atoms with Crippen LogP contribution in [0.3, 0.4) is 0 Å². The van der Waals surface area contributed by atoms with Crippen molar-refractivity contribution >= 4 is 11.0 Å². The van der Waals surface area contributed by atoms with Crippen LogP contribution in [-0.2, 0) is 11.0 Å². The molecule has 2 nitrogen and oxygen atoms in total. The number of hydrogen-bond acceptors (Lipinski definition) is 1. The first-order valence-electron chi connectivity index (χ1n) is 2.92. The molecule has 0 saturated heterocycles. The first kappa shape index (κ1) is 9.97. The van der Waals surface area contributed by atoms with Crippen molar-refractivity contribution < 1.29 is 13.0 Å². The van der Waals surface area contributed by atoms with Gasteiger partial charge in [-0.3, -0.25) is 5.14 Å². The quantitative estimate of drug-likeness (QED) is 0.674. The molecule has 1 atom stereocenters. The monoisotopic (exact) mass is 171 g/mol. The molecule has 0 aliphatic carbocycles. The number of halogens is 2. The highest BCUT2D eigenvalue weighted by atomic mass is 32.2. The predicted molar refractivity (Wildman–Crippen MR) is 37.1 cm³/mol. The third kappa shape index (κ3) is 7.97. The van der Waals surface area contributed by atoms with Crippen LogP contribution in [0.1, 0.15) is 19.8 Å². The second kappa shape index (κ2) is 3.98. The first-order chi connectivity index (χ1) is 4.42. The Morgan fingerprint density at radius 2 is 2.10 bits per heavy atom. The molecule has 0 rings (SSSR count). The van der Waals surface area contributed by atoms with Crippen LogP contribution >= 0.6 is 0 Å². The van der Waals surface area contributed by atoms with E-state index in [-0.39, 0.29) is 18.6 Å². The maximum absolute atomic E-state index is 12.0. The standard InChI is InChI=1S/C5H11F2NOS/c1-5(6,7)3-2-4-10(8)9/h2-4,8H2,1H3. The maximum Gasteiger partial charge on any atom is 0.245 e. The normalized spacial score (nSPS) is 15.2. The lowest BCUT2D eigenvalue weighted by Crippen LogP contribution is -2.13. The molecule has 0 aromatic carbocycles. The van der Waals surface area contributed by atoms with Gasteiger partial charge in [0.15, 0.2) is 0 Å². The van der Waals surface area contributed by atoms with Crippen molar-refractivity contribution in [3.8, 4) is 0 Å². The average Bonchev–Trinajstić information content (AvgIpc) is 1.59. The summed E-state index contributed by atoms with van der Waals surface area (Å²) < 4.78 is 34.2. The van der Waals surface area contributed by atoms with E-state index < -0.39 is 16.9 Å². The highest BCUT2D eigenvalue weighted by molar-refractivity contribution is 7.82. The van der Waals surface area contributed by atoms with Gasteiger partial charge in [-0.25, -0.2) is 13.0 Å². The van der Waals surface area contributed by atoms with Crippen molar-refractivity contribution in [3.63, 3.8) is 0 Å². The first-order valence-corrected chi connectivity index (χ1v) is 4.30. The zero-order chi connectivity index (χ0) is 8.20. The minimum atomic E-state index is -2.65. The molecule has 0 aliphatic rings. The molecule has 0 aliphatic heterocycles. The molecule has 0 saturated carbocycles. The minimum Gasteiger partial charge on any atom is -0.252 e. The van der Waals surface area contributed by atoms with Gasteiger partial charge in [-0.1, -0.05) is 0 Å². The van der Waals surface area contributed by atoms with E-state index in [2.05, 4.69) is 0 Å².